The molecule has 0 saturated carbocycles. The Kier molecular flexibility index (Phi) is 4.43. The van der Waals surface area contributed by atoms with Gasteiger partial charge in [0.25, 0.3) is 0 Å². The van der Waals surface area contributed by atoms with Crippen LogP contribution >= 0.6 is 11.6 Å². The van der Waals surface area contributed by atoms with Crippen molar-refractivity contribution >= 4 is 23.3 Å². The summed E-state index contributed by atoms with van der Waals surface area (Å²) < 4.78 is 4.38. The number of methoxy groups -OCH3 is 1. The molecule has 0 aromatic carbocycles. The summed E-state index contributed by atoms with van der Waals surface area (Å²) in [5.41, 5.74) is -0.124. The normalized spacial score (nSPS) is 9.06. The van der Waals surface area contributed by atoms with Gasteiger partial charge in [0.2, 0.25) is 0 Å². The van der Waals surface area contributed by atoms with E-state index in [-0.39, 0.29) is 22.7 Å². The van der Waals surface area contributed by atoms with Gasteiger partial charge in [-0.15, -0.1) is 0 Å². The van der Waals surface area contributed by atoms with Gasteiger partial charge >= 0.3 is 11.7 Å². The van der Waals surface area contributed by atoms with Crippen LogP contribution in [0.15, 0.2) is 12.4 Å². The molecule has 0 bridgehead atoms. The molecule has 1 heterocycles. The van der Waals surface area contributed by atoms with Crippen molar-refractivity contribution in [3.8, 4) is 11.8 Å². The summed E-state index contributed by atoms with van der Waals surface area (Å²) in [6.07, 6.45) is 2.21. The molecular weight excluding hydrogens is 248 g/mol. The van der Waals surface area contributed by atoms with Crippen LogP contribution in [0.3, 0.4) is 0 Å². The van der Waals surface area contributed by atoms with Crippen LogP contribution in [0.4, 0.5) is 5.69 Å². The lowest BCUT2D eigenvalue weighted by molar-refractivity contribution is -0.385. The molecule has 0 fully saturated rings. The van der Waals surface area contributed by atoms with E-state index in [1.54, 1.807) is 0 Å². The first-order chi connectivity index (χ1) is 8.06. The molecule has 0 unspecified atom stereocenters. The average Bonchev–Trinajstić information content (AvgIpc) is 2.30. The largest absolute Gasteiger partial charge is 0.468 e. The van der Waals surface area contributed by atoms with Crippen LogP contribution in [0.5, 0.6) is 0 Å². The van der Waals surface area contributed by atoms with Crippen molar-refractivity contribution in [1.82, 2.24) is 4.98 Å². The molecule has 0 radical (unpaired) electrons. The maximum atomic E-state index is 10.8. The Morgan fingerprint density at radius 3 is 2.94 bits per heavy atom. The van der Waals surface area contributed by atoms with Crippen LogP contribution in [-0.4, -0.2) is 23.0 Å². The number of hydrogen-bond donors (Lipinski definition) is 0. The summed E-state index contributed by atoms with van der Waals surface area (Å²) in [7, 11) is 1.24. The van der Waals surface area contributed by atoms with Crippen LogP contribution in [0, 0.1) is 22.0 Å². The van der Waals surface area contributed by atoms with Crippen molar-refractivity contribution in [2.45, 2.75) is 6.42 Å². The van der Waals surface area contributed by atoms with Gasteiger partial charge in [-0.1, -0.05) is 23.4 Å². The fraction of sp³-hybridized carbons (Fsp3) is 0.200. The van der Waals surface area contributed by atoms with Crippen LogP contribution in [0.1, 0.15) is 12.0 Å². The van der Waals surface area contributed by atoms with E-state index in [1.165, 1.54) is 13.3 Å². The second-order valence-electron chi connectivity index (χ2n) is 2.83. The highest BCUT2D eigenvalue weighted by Crippen LogP contribution is 2.25. The van der Waals surface area contributed by atoms with Gasteiger partial charge in [0.1, 0.15) is 17.6 Å². The number of nitro groups is 1. The van der Waals surface area contributed by atoms with Gasteiger partial charge < -0.3 is 4.74 Å². The van der Waals surface area contributed by atoms with Gasteiger partial charge in [-0.3, -0.25) is 19.9 Å². The standard InChI is InChI=1S/C10H7ClN2O4/c1-17-9(14)4-2-3-7-5-12-6-8(10(7)11)13(15)16/h5-6H,4H2,1H3. The number of halogens is 1. The fourth-order valence-electron chi connectivity index (χ4n) is 0.932. The lowest BCUT2D eigenvalue weighted by atomic mass is 10.2. The molecule has 0 aliphatic carbocycles. The zero-order valence-electron chi connectivity index (χ0n) is 8.77. The molecule has 17 heavy (non-hydrogen) atoms. The van der Waals surface area contributed by atoms with Crippen molar-refractivity contribution in [3.63, 3.8) is 0 Å². The maximum Gasteiger partial charge on any atom is 0.317 e. The summed E-state index contributed by atoms with van der Waals surface area (Å²) in [6.45, 7) is 0. The predicted molar refractivity (Wildman–Crippen MR) is 59.4 cm³/mol. The summed E-state index contributed by atoms with van der Waals surface area (Å²) >= 11 is 5.75. The first kappa shape index (κ1) is 12.9. The number of rotatable bonds is 2. The quantitative estimate of drug-likeness (QED) is 0.346. The second-order valence-corrected chi connectivity index (χ2v) is 3.21. The van der Waals surface area contributed by atoms with E-state index in [0.29, 0.717) is 0 Å². The first-order valence-electron chi connectivity index (χ1n) is 4.40. The Balaban J connectivity index is 2.96. The fourth-order valence-corrected chi connectivity index (χ4v) is 1.15. The van der Waals surface area contributed by atoms with Crippen LogP contribution in [-0.2, 0) is 9.53 Å². The van der Waals surface area contributed by atoms with E-state index in [2.05, 4.69) is 21.6 Å². The van der Waals surface area contributed by atoms with Gasteiger partial charge in [-0.2, -0.15) is 0 Å². The zero-order valence-corrected chi connectivity index (χ0v) is 9.52. The van der Waals surface area contributed by atoms with E-state index in [0.717, 1.165) is 6.20 Å². The minimum absolute atomic E-state index is 0.0950. The Morgan fingerprint density at radius 1 is 1.65 bits per heavy atom. The maximum absolute atomic E-state index is 10.8. The van der Waals surface area contributed by atoms with Gasteiger partial charge in [0.15, 0.2) is 0 Å². The van der Waals surface area contributed by atoms with E-state index in [9.17, 15) is 14.9 Å². The highest BCUT2D eigenvalue weighted by molar-refractivity contribution is 6.33. The number of ether oxygens (including phenoxy) is 1. The Morgan fingerprint density at radius 2 is 2.35 bits per heavy atom. The molecular formula is C10H7ClN2O4. The third kappa shape index (κ3) is 3.43. The number of hydrogen-bond acceptors (Lipinski definition) is 5. The summed E-state index contributed by atoms with van der Waals surface area (Å²) in [6, 6.07) is 0. The number of esters is 1. The van der Waals surface area contributed by atoms with Crippen molar-refractivity contribution in [2.24, 2.45) is 0 Å². The van der Waals surface area contributed by atoms with Crippen molar-refractivity contribution in [3.05, 3.63) is 33.1 Å². The molecule has 0 aliphatic heterocycles. The van der Waals surface area contributed by atoms with Crippen LogP contribution in [0.2, 0.25) is 5.02 Å². The molecule has 0 spiro atoms. The predicted octanol–water partition coefficient (Wildman–Crippen LogP) is 1.56. The van der Waals surface area contributed by atoms with Gasteiger partial charge in [0.05, 0.1) is 17.6 Å². The summed E-state index contributed by atoms with van der Waals surface area (Å²) in [4.78, 5) is 24.3. The highest BCUT2D eigenvalue weighted by atomic mass is 35.5. The van der Waals surface area contributed by atoms with E-state index in [1.807, 2.05) is 0 Å². The molecule has 0 saturated heterocycles. The SMILES string of the molecule is COC(=O)CC#Cc1cncc([N+](=O)[O-])c1Cl. The van der Waals surface area contributed by atoms with Crippen LogP contribution in [0.25, 0.3) is 0 Å². The van der Waals surface area contributed by atoms with Crippen LogP contribution < -0.4 is 0 Å². The number of carbonyl (C=O) groups excluding carboxylic acids is 1. The van der Waals surface area contributed by atoms with Gasteiger partial charge in [-0.25, -0.2) is 0 Å². The van der Waals surface area contributed by atoms with Crippen molar-refractivity contribution in [1.29, 1.82) is 0 Å². The topological polar surface area (TPSA) is 82.3 Å². The monoisotopic (exact) mass is 254 g/mol. The van der Waals surface area contributed by atoms with Crippen molar-refractivity contribution in [2.75, 3.05) is 7.11 Å². The van der Waals surface area contributed by atoms with Gasteiger partial charge in [-0.05, 0) is 0 Å². The number of aromatic nitrogens is 1. The smallest absolute Gasteiger partial charge is 0.317 e. The number of pyridine rings is 1. The molecule has 88 valence electrons. The highest BCUT2D eigenvalue weighted by Gasteiger charge is 2.15. The van der Waals surface area contributed by atoms with Gasteiger partial charge in [0, 0.05) is 6.20 Å². The number of nitrogens with zero attached hydrogens (tertiary/aromatic N) is 2. The number of carbonyl (C=O) groups is 1. The lowest BCUT2D eigenvalue weighted by Crippen LogP contribution is -1.97. The molecule has 1 aromatic rings. The first-order valence-corrected chi connectivity index (χ1v) is 4.77. The van der Waals surface area contributed by atoms with E-state index in [4.69, 9.17) is 11.6 Å². The second kappa shape index (κ2) is 5.82. The molecule has 0 atom stereocenters. The lowest BCUT2D eigenvalue weighted by Gasteiger charge is -1.96. The Labute approximate surface area is 102 Å². The Bertz CT molecular complexity index is 519. The van der Waals surface area contributed by atoms with E-state index < -0.39 is 10.9 Å². The van der Waals surface area contributed by atoms with E-state index >= 15 is 0 Å². The third-order valence-corrected chi connectivity index (χ3v) is 2.14. The van der Waals surface area contributed by atoms with Crippen molar-refractivity contribution < 1.29 is 14.5 Å². The Hall–Kier alpha value is -2.13. The molecule has 0 N–H and O–H groups in total. The molecule has 1 aromatic heterocycles. The third-order valence-electron chi connectivity index (χ3n) is 1.74. The summed E-state index contributed by atoms with van der Waals surface area (Å²) in [5.74, 6) is 4.52. The zero-order chi connectivity index (χ0) is 12.8. The molecule has 6 nitrogen and oxygen atoms in total. The molecule has 1 rings (SSSR count). The molecule has 0 aliphatic rings. The summed E-state index contributed by atoms with van der Waals surface area (Å²) in [5, 5.41) is 10.5. The minimum atomic E-state index is -0.652. The molecule has 0 amide bonds. The minimum Gasteiger partial charge on any atom is -0.468 e. The molecule has 7 heteroatoms. The average molecular weight is 255 g/mol.